The number of hydrogen-bond donors (Lipinski definition) is 3. The molecule has 2 aromatic heterocycles. The second-order valence-corrected chi connectivity index (χ2v) is 8.55. The van der Waals surface area contributed by atoms with Crippen LogP contribution in [0.3, 0.4) is 0 Å². The van der Waals surface area contributed by atoms with E-state index in [1.165, 1.54) is 43.0 Å². The third-order valence-electron chi connectivity index (χ3n) is 4.14. The maximum Gasteiger partial charge on any atom is 0.262 e. The molecule has 4 rings (SSSR count). The van der Waals surface area contributed by atoms with Crippen molar-refractivity contribution < 1.29 is 18.3 Å². The van der Waals surface area contributed by atoms with E-state index in [-0.39, 0.29) is 16.3 Å². The Morgan fingerprint density at radius 2 is 1.90 bits per heavy atom. The Kier molecular flexibility index (Phi) is 4.95. The third kappa shape index (κ3) is 3.80. The van der Waals surface area contributed by atoms with Crippen molar-refractivity contribution in [2.24, 2.45) is 0 Å². The van der Waals surface area contributed by atoms with Gasteiger partial charge in [0.1, 0.15) is 28.5 Å². The molecule has 0 spiro atoms. The Labute approximate surface area is 170 Å². The zero-order valence-corrected chi connectivity index (χ0v) is 16.8. The van der Waals surface area contributed by atoms with Crippen LogP contribution in [0.25, 0.3) is 10.2 Å². The summed E-state index contributed by atoms with van der Waals surface area (Å²) < 4.78 is 33.4. The largest absolute Gasteiger partial charge is 0.506 e. The smallest absolute Gasteiger partial charge is 0.262 e. The van der Waals surface area contributed by atoms with E-state index in [2.05, 4.69) is 20.0 Å². The normalized spacial score (nSPS) is 11.3. The number of ether oxygens (including phenoxy) is 1. The number of phenolic OH excluding ortho intramolecular Hbond substituents is 1. The third-order valence-corrected chi connectivity index (χ3v) is 6.33. The van der Waals surface area contributed by atoms with Crippen molar-refractivity contribution in [1.29, 1.82) is 0 Å². The molecule has 2 heterocycles. The number of phenols is 1. The predicted molar refractivity (Wildman–Crippen MR) is 113 cm³/mol. The summed E-state index contributed by atoms with van der Waals surface area (Å²) in [5, 5.41) is 15.9. The Morgan fingerprint density at radius 1 is 1.07 bits per heavy atom. The minimum atomic E-state index is -3.92. The van der Waals surface area contributed by atoms with Gasteiger partial charge in [-0.1, -0.05) is 12.1 Å². The zero-order chi connectivity index (χ0) is 20.4. The first-order chi connectivity index (χ1) is 14.0. The summed E-state index contributed by atoms with van der Waals surface area (Å²) in [6.45, 7) is 0. The molecular formula is C19H16N4O4S2. The summed E-state index contributed by atoms with van der Waals surface area (Å²) in [6.07, 6.45) is 1.40. The first kappa shape index (κ1) is 19.0. The van der Waals surface area contributed by atoms with Crippen molar-refractivity contribution in [2.45, 2.75) is 4.90 Å². The summed E-state index contributed by atoms with van der Waals surface area (Å²) in [7, 11) is -2.46. The lowest BCUT2D eigenvalue weighted by Gasteiger charge is -2.14. The minimum Gasteiger partial charge on any atom is -0.506 e. The van der Waals surface area contributed by atoms with Crippen LogP contribution < -0.4 is 14.8 Å². The van der Waals surface area contributed by atoms with E-state index < -0.39 is 10.0 Å². The molecule has 4 aromatic rings. The summed E-state index contributed by atoms with van der Waals surface area (Å²) >= 11 is 1.46. The van der Waals surface area contributed by atoms with Crippen LogP contribution in [0.2, 0.25) is 0 Å². The first-order valence-corrected chi connectivity index (χ1v) is 10.8. The van der Waals surface area contributed by atoms with Gasteiger partial charge in [0.25, 0.3) is 10.0 Å². The summed E-state index contributed by atoms with van der Waals surface area (Å²) in [6, 6.07) is 12.5. The van der Waals surface area contributed by atoms with E-state index in [0.717, 1.165) is 10.2 Å². The Morgan fingerprint density at radius 3 is 2.72 bits per heavy atom. The van der Waals surface area contributed by atoms with E-state index in [1.54, 1.807) is 24.3 Å². The van der Waals surface area contributed by atoms with E-state index in [9.17, 15) is 13.5 Å². The van der Waals surface area contributed by atoms with Gasteiger partial charge in [0, 0.05) is 0 Å². The van der Waals surface area contributed by atoms with Gasteiger partial charge in [0.2, 0.25) is 0 Å². The van der Waals surface area contributed by atoms with Gasteiger partial charge in [-0.2, -0.15) is 0 Å². The molecule has 10 heteroatoms. The van der Waals surface area contributed by atoms with Crippen molar-refractivity contribution in [3.8, 4) is 11.5 Å². The molecule has 0 saturated carbocycles. The van der Waals surface area contributed by atoms with Crippen molar-refractivity contribution in [2.75, 3.05) is 17.1 Å². The molecule has 0 aliphatic heterocycles. The molecule has 0 amide bonds. The van der Waals surface area contributed by atoms with Gasteiger partial charge in [-0.25, -0.2) is 18.4 Å². The number of nitrogens with zero attached hydrogens (tertiary/aromatic N) is 2. The fraction of sp³-hybridized carbons (Fsp3) is 0.0526. The SMILES string of the molecule is COc1ccccc1NS(=O)(=O)c1ccc(O)c(Nc2ncnc3sccc23)c1. The average molecular weight is 428 g/mol. The molecule has 3 N–H and O–H groups in total. The molecule has 0 aliphatic carbocycles. The maximum absolute atomic E-state index is 12.9. The molecule has 0 radical (unpaired) electrons. The van der Waals surface area contributed by atoms with Crippen LogP contribution in [-0.2, 0) is 10.0 Å². The number of anilines is 3. The van der Waals surface area contributed by atoms with Gasteiger partial charge in [0.15, 0.2) is 0 Å². The number of thiophene rings is 1. The standard InChI is InChI=1S/C19H16N4O4S2/c1-27-17-5-3-2-4-14(17)23-29(25,26)12-6-7-16(24)15(10-12)22-18-13-8-9-28-19(13)21-11-20-18/h2-11,23-24H,1H3,(H,20,21,22). The fourth-order valence-electron chi connectivity index (χ4n) is 2.73. The second kappa shape index (κ2) is 7.57. The summed E-state index contributed by atoms with van der Waals surface area (Å²) in [4.78, 5) is 9.12. The monoisotopic (exact) mass is 428 g/mol. The zero-order valence-electron chi connectivity index (χ0n) is 15.2. The highest BCUT2D eigenvalue weighted by Crippen LogP contribution is 2.33. The van der Waals surface area contributed by atoms with Crippen LogP contribution in [-0.4, -0.2) is 30.6 Å². The first-order valence-electron chi connectivity index (χ1n) is 8.42. The highest BCUT2D eigenvalue weighted by atomic mass is 32.2. The number of methoxy groups -OCH3 is 1. The number of sulfonamides is 1. The van der Waals surface area contributed by atoms with Crippen LogP contribution in [0, 0.1) is 0 Å². The van der Waals surface area contributed by atoms with Gasteiger partial charge >= 0.3 is 0 Å². The van der Waals surface area contributed by atoms with Crippen LogP contribution in [0.5, 0.6) is 11.5 Å². The highest BCUT2D eigenvalue weighted by Gasteiger charge is 2.19. The Hall–Kier alpha value is -3.37. The topological polar surface area (TPSA) is 113 Å². The number of para-hydroxylation sites is 2. The van der Waals surface area contributed by atoms with Gasteiger partial charge in [0.05, 0.1) is 28.8 Å². The van der Waals surface area contributed by atoms with Gasteiger partial charge in [-0.05, 0) is 41.8 Å². The molecule has 2 aromatic carbocycles. The molecule has 0 aliphatic rings. The van der Waals surface area contributed by atoms with Crippen LogP contribution in [0.4, 0.5) is 17.2 Å². The molecule has 29 heavy (non-hydrogen) atoms. The number of rotatable bonds is 6. The molecular weight excluding hydrogens is 412 g/mol. The van der Waals surface area contributed by atoms with Crippen LogP contribution in [0.1, 0.15) is 0 Å². The van der Waals surface area contributed by atoms with Crippen molar-refractivity contribution in [3.63, 3.8) is 0 Å². The van der Waals surface area contributed by atoms with E-state index in [4.69, 9.17) is 4.74 Å². The Bertz CT molecular complexity index is 1290. The number of fused-ring (bicyclic) bond motifs is 1. The Balaban J connectivity index is 1.68. The number of hydrogen-bond acceptors (Lipinski definition) is 8. The van der Waals surface area contributed by atoms with E-state index in [1.807, 2.05) is 11.4 Å². The van der Waals surface area contributed by atoms with E-state index >= 15 is 0 Å². The lowest BCUT2D eigenvalue weighted by molar-refractivity contribution is 0.417. The molecule has 0 saturated heterocycles. The molecule has 0 bridgehead atoms. The predicted octanol–water partition coefficient (Wildman–Crippen LogP) is 3.95. The minimum absolute atomic E-state index is 0.0284. The van der Waals surface area contributed by atoms with Gasteiger partial charge in [-0.3, -0.25) is 4.72 Å². The average Bonchev–Trinajstić information content (AvgIpc) is 3.19. The maximum atomic E-state index is 12.9. The lowest BCUT2D eigenvalue weighted by atomic mass is 10.3. The molecule has 148 valence electrons. The number of benzene rings is 2. The van der Waals surface area contributed by atoms with Crippen LogP contribution in [0.15, 0.2) is 65.1 Å². The van der Waals surface area contributed by atoms with Gasteiger partial charge < -0.3 is 15.2 Å². The van der Waals surface area contributed by atoms with Crippen molar-refractivity contribution in [3.05, 3.63) is 60.2 Å². The van der Waals surface area contributed by atoms with Crippen LogP contribution >= 0.6 is 11.3 Å². The highest BCUT2D eigenvalue weighted by molar-refractivity contribution is 7.92. The second-order valence-electron chi connectivity index (χ2n) is 5.97. The van der Waals surface area contributed by atoms with Crippen molar-refractivity contribution in [1.82, 2.24) is 9.97 Å². The quantitative estimate of drug-likeness (QED) is 0.399. The molecule has 8 nitrogen and oxygen atoms in total. The summed E-state index contributed by atoms with van der Waals surface area (Å²) in [5.74, 6) is 0.760. The number of aromatic nitrogens is 2. The summed E-state index contributed by atoms with van der Waals surface area (Å²) in [5.41, 5.74) is 0.521. The number of aromatic hydroxyl groups is 1. The fourth-order valence-corrected chi connectivity index (χ4v) is 4.56. The van der Waals surface area contributed by atoms with Crippen molar-refractivity contribution >= 4 is 48.8 Å². The number of nitrogens with one attached hydrogen (secondary N) is 2. The molecule has 0 unspecified atom stereocenters. The lowest BCUT2D eigenvalue weighted by Crippen LogP contribution is -2.14. The molecule has 0 fully saturated rings. The van der Waals surface area contributed by atoms with E-state index in [0.29, 0.717) is 17.3 Å². The molecule has 0 atom stereocenters. The van der Waals surface area contributed by atoms with Gasteiger partial charge in [-0.15, -0.1) is 11.3 Å².